The Labute approximate surface area is 203 Å². The molecule has 0 radical (unpaired) electrons. The van der Waals surface area contributed by atoms with E-state index in [2.05, 4.69) is 64.7 Å². The lowest BCUT2D eigenvalue weighted by Gasteiger charge is -2.37. The second-order valence-electron chi connectivity index (χ2n) is 8.42. The molecule has 8 heteroatoms. The highest BCUT2D eigenvalue weighted by atomic mass is 32.2. The Balaban J connectivity index is 1.77. The van der Waals surface area contributed by atoms with Crippen molar-refractivity contribution < 1.29 is 8.91 Å². The van der Waals surface area contributed by atoms with E-state index in [-0.39, 0.29) is 11.9 Å². The van der Waals surface area contributed by atoms with Crippen molar-refractivity contribution in [2.45, 2.75) is 38.1 Å². The number of thiocarbonyl (C=S) groups is 1. The minimum atomic E-state index is -0.305. The number of halogens is 1. The van der Waals surface area contributed by atoms with Crippen LogP contribution in [-0.4, -0.2) is 33.0 Å². The lowest BCUT2D eigenvalue weighted by atomic mass is 9.94. The van der Waals surface area contributed by atoms with Crippen LogP contribution < -0.4 is 5.32 Å². The summed E-state index contributed by atoms with van der Waals surface area (Å²) < 4.78 is 19.1. The molecule has 1 atom stereocenters. The van der Waals surface area contributed by atoms with Crippen LogP contribution in [-0.2, 0) is 0 Å². The highest BCUT2D eigenvalue weighted by Crippen LogP contribution is 2.38. The number of aromatic nitrogens is 2. The Kier molecular flexibility index (Phi) is 7.14. The molecule has 0 saturated carbocycles. The van der Waals surface area contributed by atoms with Gasteiger partial charge in [-0.25, -0.2) is 4.39 Å². The van der Waals surface area contributed by atoms with E-state index in [1.165, 1.54) is 17.0 Å². The normalized spacial score (nSPS) is 16.5. The van der Waals surface area contributed by atoms with Gasteiger partial charge in [-0.3, -0.25) is 0 Å². The Morgan fingerprint density at radius 2 is 1.85 bits per heavy atom. The van der Waals surface area contributed by atoms with Crippen molar-refractivity contribution in [1.29, 1.82) is 0 Å². The van der Waals surface area contributed by atoms with Gasteiger partial charge in [0.25, 0.3) is 5.89 Å². The van der Waals surface area contributed by atoms with Crippen LogP contribution in [0.4, 0.5) is 4.39 Å². The van der Waals surface area contributed by atoms with Gasteiger partial charge in [0, 0.05) is 22.7 Å². The highest BCUT2D eigenvalue weighted by Gasteiger charge is 2.34. The summed E-state index contributed by atoms with van der Waals surface area (Å²) in [6, 6.07) is 14.2. The van der Waals surface area contributed by atoms with Crippen LogP contribution in [0.1, 0.15) is 44.7 Å². The van der Waals surface area contributed by atoms with Crippen molar-refractivity contribution in [3.63, 3.8) is 0 Å². The zero-order chi connectivity index (χ0) is 23.5. The number of allylic oxidation sites excluding steroid dienone is 1. The van der Waals surface area contributed by atoms with Gasteiger partial charge in [0.15, 0.2) is 5.11 Å². The number of nitrogens with one attached hydrogen (secondary N) is 1. The molecule has 172 valence electrons. The average Bonchev–Trinajstić information content (AvgIpc) is 3.28. The summed E-state index contributed by atoms with van der Waals surface area (Å²) in [5.74, 6) is 1.09. The molecule has 0 bridgehead atoms. The number of rotatable bonds is 7. The predicted molar refractivity (Wildman–Crippen MR) is 135 cm³/mol. The van der Waals surface area contributed by atoms with Gasteiger partial charge >= 0.3 is 0 Å². The fourth-order valence-corrected chi connectivity index (χ4v) is 4.56. The molecule has 0 fully saturated rings. The number of thioether (sulfide) groups is 1. The lowest BCUT2D eigenvalue weighted by molar-refractivity contribution is 0.390. The highest BCUT2D eigenvalue weighted by molar-refractivity contribution is 7.98. The monoisotopic (exact) mass is 482 g/mol. The molecule has 0 aliphatic carbocycles. The van der Waals surface area contributed by atoms with Crippen molar-refractivity contribution in [2.24, 2.45) is 5.92 Å². The Morgan fingerprint density at radius 3 is 2.48 bits per heavy atom. The van der Waals surface area contributed by atoms with Gasteiger partial charge in [-0.05, 0) is 79.7 Å². The van der Waals surface area contributed by atoms with Crippen LogP contribution >= 0.6 is 24.0 Å². The van der Waals surface area contributed by atoms with E-state index in [1.54, 1.807) is 23.9 Å². The first-order chi connectivity index (χ1) is 15.9. The van der Waals surface area contributed by atoms with E-state index in [4.69, 9.17) is 16.7 Å². The quantitative estimate of drug-likeness (QED) is 0.313. The van der Waals surface area contributed by atoms with Gasteiger partial charge in [-0.15, -0.1) is 11.8 Å². The summed E-state index contributed by atoms with van der Waals surface area (Å²) >= 11 is 7.45. The van der Waals surface area contributed by atoms with Crippen molar-refractivity contribution >= 4 is 34.7 Å². The first kappa shape index (κ1) is 23.4. The standard InChI is InChI=1S/C25H27FN4OS2/c1-15(2)13-14-30-16(3)21(22(27-25(30)32)17-7-11-20(33-4)12-8-17)24-28-23(29-31-24)18-5-9-19(26)10-6-18/h5-12,15,22H,13-14H2,1-4H3,(H,27,32). The summed E-state index contributed by atoms with van der Waals surface area (Å²) in [5.41, 5.74) is 3.65. The second kappa shape index (κ2) is 10.1. The van der Waals surface area contributed by atoms with Gasteiger partial charge in [0.2, 0.25) is 5.82 Å². The van der Waals surface area contributed by atoms with Crippen LogP contribution in [0.25, 0.3) is 17.0 Å². The van der Waals surface area contributed by atoms with Crippen LogP contribution in [0.3, 0.4) is 0 Å². The smallest absolute Gasteiger partial charge is 0.258 e. The van der Waals surface area contributed by atoms with Crippen molar-refractivity contribution in [1.82, 2.24) is 20.4 Å². The van der Waals surface area contributed by atoms with E-state index >= 15 is 0 Å². The number of nitrogens with zero attached hydrogens (tertiary/aromatic N) is 3. The average molecular weight is 483 g/mol. The maximum atomic E-state index is 13.4. The first-order valence-corrected chi connectivity index (χ1v) is 12.5. The molecule has 2 heterocycles. The molecule has 0 spiro atoms. The topological polar surface area (TPSA) is 54.2 Å². The third-order valence-electron chi connectivity index (χ3n) is 5.73. The summed E-state index contributed by atoms with van der Waals surface area (Å²) in [4.78, 5) is 7.98. The molecule has 1 aliphatic heterocycles. The molecule has 3 aromatic rings. The molecular formula is C25H27FN4OS2. The van der Waals surface area contributed by atoms with Crippen molar-refractivity contribution in [3.05, 3.63) is 71.5 Å². The summed E-state index contributed by atoms with van der Waals surface area (Å²) in [6.07, 6.45) is 3.06. The minimum Gasteiger partial charge on any atom is -0.351 e. The first-order valence-electron chi connectivity index (χ1n) is 10.9. The molecule has 33 heavy (non-hydrogen) atoms. The molecule has 2 aromatic carbocycles. The van der Waals surface area contributed by atoms with Crippen LogP contribution in [0.5, 0.6) is 0 Å². The van der Waals surface area contributed by atoms with Crippen molar-refractivity contribution in [3.8, 4) is 11.4 Å². The Hall–Kier alpha value is -2.71. The van der Waals surface area contributed by atoms with E-state index in [0.717, 1.165) is 29.8 Å². The van der Waals surface area contributed by atoms with E-state index in [9.17, 15) is 4.39 Å². The maximum Gasteiger partial charge on any atom is 0.258 e. The van der Waals surface area contributed by atoms with Gasteiger partial charge < -0.3 is 14.7 Å². The number of benzene rings is 2. The zero-order valence-corrected chi connectivity index (χ0v) is 20.8. The largest absolute Gasteiger partial charge is 0.351 e. The van der Waals surface area contributed by atoms with Crippen LogP contribution in [0, 0.1) is 11.7 Å². The van der Waals surface area contributed by atoms with E-state index in [1.807, 2.05) is 6.92 Å². The summed E-state index contributed by atoms with van der Waals surface area (Å²) in [6.45, 7) is 7.25. The van der Waals surface area contributed by atoms with Gasteiger partial charge in [-0.1, -0.05) is 31.1 Å². The predicted octanol–water partition coefficient (Wildman–Crippen LogP) is 6.31. The summed E-state index contributed by atoms with van der Waals surface area (Å²) in [5, 5.41) is 8.36. The Bertz CT molecular complexity index is 1160. The number of hydrogen-bond acceptors (Lipinski definition) is 5. The molecule has 1 aromatic heterocycles. The van der Waals surface area contributed by atoms with Gasteiger partial charge in [-0.2, -0.15) is 4.98 Å². The number of hydrogen-bond donors (Lipinski definition) is 1. The van der Waals surface area contributed by atoms with Gasteiger partial charge in [0.05, 0.1) is 11.6 Å². The summed E-state index contributed by atoms with van der Waals surface area (Å²) in [7, 11) is 0. The molecule has 1 unspecified atom stereocenters. The fourth-order valence-electron chi connectivity index (χ4n) is 3.81. The lowest BCUT2D eigenvalue weighted by Crippen LogP contribution is -2.46. The van der Waals surface area contributed by atoms with E-state index in [0.29, 0.717) is 28.3 Å². The molecular weight excluding hydrogens is 455 g/mol. The molecule has 0 saturated heterocycles. The molecule has 4 rings (SSSR count). The molecule has 1 N–H and O–H groups in total. The molecule has 0 amide bonds. The third-order valence-corrected chi connectivity index (χ3v) is 6.82. The van der Waals surface area contributed by atoms with Crippen LogP contribution in [0.15, 0.2) is 63.6 Å². The third kappa shape index (κ3) is 5.12. The SMILES string of the molecule is CSc1ccc(C2NC(=S)N(CCC(C)C)C(C)=C2c2nc(-c3ccc(F)cc3)no2)cc1. The maximum absolute atomic E-state index is 13.4. The van der Waals surface area contributed by atoms with Crippen molar-refractivity contribution in [2.75, 3.05) is 12.8 Å². The van der Waals surface area contributed by atoms with Gasteiger partial charge in [0.1, 0.15) is 5.82 Å². The zero-order valence-electron chi connectivity index (χ0n) is 19.1. The molecule has 1 aliphatic rings. The van der Waals surface area contributed by atoms with E-state index < -0.39 is 0 Å². The Morgan fingerprint density at radius 1 is 1.15 bits per heavy atom. The molecule has 5 nitrogen and oxygen atoms in total. The second-order valence-corrected chi connectivity index (χ2v) is 9.69. The van der Waals surface area contributed by atoms with Crippen LogP contribution in [0.2, 0.25) is 0 Å². The fraction of sp³-hybridized carbons (Fsp3) is 0.320. The minimum absolute atomic E-state index is 0.217.